The molecule has 9 nitrogen and oxygen atoms in total. The topological polar surface area (TPSA) is 111 Å². The quantitative estimate of drug-likeness (QED) is 0.432. The molecule has 0 bridgehead atoms. The summed E-state index contributed by atoms with van der Waals surface area (Å²) in [5.41, 5.74) is 1.40. The maximum atomic E-state index is 13.1. The van der Waals surface area contributed by atoms with Crippen molar-refractivity contribution in [2.75, 3.05) is 7.05 Å². The van der Waals surface area contributed by atoms with Crippen LogP contribution in [0.1, 0.15) is 24.1 Å². The number of benzene rings is 2. The van der Waals surface area contributed by atoms with E-state index < -0.39 is 21.0 Å². The molecular weight excluding hydrogens is 418 g/mol. The predicted molar refractivity (Wildman–Crippen MR) is 108 cm³/mol. The van der Waals surface area contributed by atoms with Crippen molar-refractivity contribution in [3.8, 4) is 5.69 Å². The number of sulfonamides is 1. The average Bonchev–Trinajstić information content (AvgIpc) is 3.23. The summed E-state index contributed by atoms with van der Waals surface area (Å²) in [4.78, 5) is 14.2. The summed E-state index contributed by atoms with van der Waals surface area (Å²) in [5.74, 6) is 0. The van der Waals surface area contributed by atoms with Crippen LogP contribution in [-0.4, -0.2) is 39.5 Å². The molecule has 0 aliphatic heterocycles. The van der Waals surface area contributed by atoms with E-state index in [1.807, 2.05) is 0 Å². The van der Waals surface area contributed by atoms with E-state index in [-0.39, 0.29) is 21.2 Å². The second-order valence-electron chi connectivity index (χ2n) is 6.44. The lowest BCUT2D eigenvalue weighted by Crippen LogP contribution is -2.30. The Morgan fingerprint density at radius 2 is 1.90 bits per heavy atom. The van der Waals surface area contributed by atoms with Gasteiger partial charge in [-0.1, -0.05) is 23.7 Å². The van der Waals surface area contributed by atoms with Crippen LogP contribution >= 0.6 is 11.6 Å². The number of nitro groups is 1. The normalized spacial score (nSPS) is 12.9. The van der Waals surface area contributed by atoms with Gasteiger partial charge in [0.15, 0.2) is 0 Å². The highest BCUT2D eigenvalue weighted by molar-refractivity contribution is 7.89. The first-order valence-corrected chi connectivity index (χ1v) is 10.3. The van der Waals surface area contributed by atoms with E-state index in [1.165, 1.54) is 26.4 Å². The fraction of sp³-hybridized carbons (Fsp3) is 0.222. The van der Waals surface area contributed by atoms with Crippen molar-refractivity contribution in [3.63, 3.8) is 0 Å². The highest BCUT2D eigenvalue weighted by Crippen LogP contribution is 2.33. The first kappa shape index (κ1) is 20.9. The largest absolute Gasteiger partial charge is 0.275 e. The van der Waals surface area contributed by atoms with E-state index in [0.29, 0.717) is 0 Å². The Balaban J connectivity index is 1.92. The van der Waals surface area contributed by atoms with Crippen molar-refractivity contribution in [2.24, 2.45) is 0 Å². The molecule has 1 heterocycles. The standard InChI is InChI=1S/C18H18ClN5O4S/c1-12-17(19)8-16(9-18(12)24(25)26)29(27,28)22(3)13(2)14-4-6-15(7-5-14)23-11-20-10-21-23/h4-11,13H,1-3H3. The van der Waals surface area contributed by atoms with Crippen LogP contribution in [0.3, 0.4) is 0 Å². The summed E-state index contributed by atoms with van der Waals surface area (Å²) < 4.78 is 28.9. The third-order valence-electron chi connectivity index (χ3n) is 4.77. The molecule has 152 valence electrons. The summed E-state index contributed by atoms with van der Waals surface area (Å²) in [6, 6.07) is 8.92. The van der Waals surface area contributed by atoms with Crippen LogP contribution in [0.4, 0.5) is 5.69 Å². The van der Waals surface area contributed by atoms with Gasteiger partial charge in [-0.3, -0.25) is 10.1 Å². The number of halogens is 1. The lowest BCUT2D eigenvalue weighted by molar-refractivity contribution is -0.385. The SMILES string of the molecule is Cc1c(Cl)cc(S(=O)(=O)N(C)C(C)c2ccc(-n3cncn3)cc2)cc1[N+](=O)[O-]. The van der Waals surface area contributed by atoms with Gasteiger partial charge >= 0.3 is 0 Å². The van der Waals surface area contributed by atoms with Crippen LogP contribution < -0.4 is 0 Å². The number of hydrogen-bond donors (Lipinski definition) is 0. The molecule has 11 heteroatoms. The number of hydrogen-bond acceptors (Lipinski definition) is 6. The lowest BCUT2D eigenvalue weighted by Gasteiger charge is -2.25. The Hall–Kier alpha value is -2.82. The van der Waals surface area contributed by atoms with Crippen LogP contribution in [0.25, 0.3) is 5.69 Å². The molecule has 0 spiro atoms. The Labute approximate surface area is 172 Å². The zero-order chi connectivity index (χ0) is 21.3. The molecule has 2 aromatic carbocycles. The smallest absolute Gasteiger partial charge is 0.258 e. The fourth-order valence-electron chi connectivity index (χ4n) is 2.81. The van der Waals surface area contributed by atoms with Crippen LogP contribution in [0.15, 0.2) is 53.9 Å². The summed E-state index contributed by atoms with van der Waals surface area (Å²) >= 11 is 6.04. The number of nitro benzene ring substituents is 1. The number of rotatable bonds is 6. The van der Waals surface area contributed by atoms with Crippen molar-refractivity contribution in [1.29, 1.82) is 0 Å². The molecule has 1 atom stereocenters. The van der Waals surface area contributed by atoms with Crippen molar-refractivity contribution < 1.29 is 13.3 Å². The van der Waals surface area contributed by atoms with Crippen LogP contribution in [0, 0.1) is 17.0 Å². The van der Waals surface area contributed by atoms with E-state index in [1.54, 1.807) is 42.2 Å². The van der Waals surface area contributed by atoms with Crippen molar-refractivity contribution in [2.45, 2.75) is 24.8 Å². The monoisotopic (exact) mass is 435 g/mol. The Morgan fingerprint density at radius 1 is 1.24 bits per heavy atom. The van der Waals surface area contributed by atoms with Crippen molar-refractivity contribution in [1.82, 2.24) is 19.1 Å². The second-order valence-corrected chi connectivity index (χ2v) is 8.84. The molecule has 29 heavy (non-hydrogen) atoms. The molecule has 0 saturated carbocycles. The van der Waals surface area contributed by atoms with Crippen LogP contribution in [0.5, 0.6) is 0 Å². The van der Waals surface area contributed by atoms with Gasteiger partial charge in [0.1, 0.15) is 12.7 Å². The van der Waals surface area contributed by atoms with Crippen molar-refractivity contribution >= 4 is 27.3 Å². The summed E-state index contributed by atoms with van der Waals surface area (Å²) in [6.45, 7) is 3.20. The fourth-order valence-corrected chi connectivity index (χ4v) is 4.49. The van der Waals surface area contributed by atoms with Crippen LogP contribution in [-0.2, 0) is 10.0 Å². The average molecular weight is 436 g/mol. The predicted octanol–water partition coefficient (Wildman–Crippen LogP) is 3.52. The maximum Gasteiger partial charge on any atom is 0.275 e. The molecule has 0 radical (unpaired) electrons. The minimum absolute atomic E-state index is 0.0241. The third kappa shape index (κ3) is 4.00. The van der Waals surface area contributed by atoms with Crippen molar-refractivity contribution in [3.05, 3.63) is 75.3 Å². The summed E-state index contributed by atoms with van der Waals surface area (Å²) in [7, 11) is -2.60. The van der Waals surface area contributed by atoms with Gasteiger partial charge in [-0.05, 0) is 37.6 Å². The molecule has 0 fully saturated rings. The number of nitrogens with zero attached hydrogens (tertiary/aromatic N) is 5. The Morgan fingerprint density at radius 3 is 2.45 bits per heavy atom. The van der Waals surface area contributed by atoms with Gasteiger partial charge in [0.2, 0.25) is 10.0 Å². The molecule has 0 aliphatic rings. The molecule has 0 saturated heterocycles. The van der Waals surface area contributed by atoms with Gasteiger partial charge in [-0.15, -0.1) is 0 Å². The first-order valence-electron chi connectivity index (χ1n) is 8.50. The van der Waals surface area contributed by atoms with Gasteiger partial charge in [0, 0.05) is 24.7 Å². The molecule has 3 aromatic rings. The minimum atomic E-state index is -4.02. The zero-order valence-corrected chi connectivity index (χ0v) is 17.4. The van der Waals surface area contributed by atoms with E-state index in [9.17, 15) is 18.5 Å². The van der Waals surface area contributed by atoms with E-state index >= 15 is 0 Å². The summed E-state index contributed by atoms with van der Waals surface area (Å²) in [6.07, 6.45) is 2.98. The molecule has 1 unspecified atom stereocenters. The molecule has 0 amide bonds. The molecule has 0 aliphatic carbocycles. The summed E-state index contributed by atoms with van der Waals surface area (Å²) in [5, 5.41) is 15.3. The molecule has 0 N–H and O–H groups in total. The van der Waals surface area contributed by atoms with Crippen LogP contribution in [0.2, 0.25) is 5.02 Å². The second kappa shape index (κ2) is 7.90. The van der Waals surface area contributed by atoms with Gasteiger partial charge in [0.05, 0.1) is 20.5 Å². The highest BCUT2D eigenvalue weighted by atomic mass is 35.5. The molecule has 3 rings (SSSR count). The van der Waals surface area contributed by atoms with Gasteiger partial charge in [-0.25, -0.2) is 18.1 Å². The van der Waals surface area contributed by atoms with E-state index in [4.69, 9.17) is 11.6 Å². The lowest BCUT2D eigenvalue weighted by atomic mass is 10.1. The highest BCUT2D eigenvalue weighted by Gasteiger charge is 2.29. The van der Waals surface area contributed by atoms with E-state index in [0.717, 1.165) is 21.6 Å². The number of aromatic nitrogens is 3. The van der Waals surface area contributed by atoms with Gasteiger partial charge in [-0.2, -0.15) is 9.40 Å². The molecule has 1 aromatic heterocycles. The zero-order valence-electron chi connectivity index (χ0n) is 15.9. The third-order valence-corrected chi connectivity index (χ3v) is 7.07. The maximum absolute atomic E-state index is 13.1. The van der Waals surface area contributed by atoms with Gasteiger partial charge in [0.25, 0.3) is 5.69 Å². The molecular formula is C18H18ClN5O4S. The van der Waals surface area contributed by atoms with Gasteiger partial charge < -0.3 is 0 Å². The Kier molecular flexibility index (Phi) is 5.69. The minimum Gasteiger partial charge on any atom is -0.258 e. The first-order chi connectivity index (χ1) is 13.6. The Bertz CT molecular complexity index is 1150. The van der Waals surface area contributed by atoms with E-state index in [2.05, 4.69) is 10.1 Å².